The number of anilines is 1. The summed E-state index contributed by atoms with van der Waals surface area (Å²) in [4.78, 5) is 17.2. The fourth-order valence-electron chi connectivity index (χ4n) is 1.49. The van der Waals surface area contributed by atoms with Crippen molar-refractivity contribution in [3.8, 4) is 11.3 Å². The Balaban J connectivity index is 2.13. The van der Waals surface area contributed by atoms with Gasteiger partial charge in [-0.15, -0.1) is 0 Å². The number of pyridine rings is 1. The van der Waals surface area contributed by atoms with Gasteiger partial charge in [-0.1, -0.05) is 18.2 Å². The van der Waals surface area contributed by atoms with Gasteiger partial charge in [-0.2, -0.15) is 0 Å². The summed E-state index contributed by atoms with van der Waals surface area (Å²) in [6, 6.07) is 13.3. The second-order valence-corrected chi connectivity index (χ2v) is 4.12. The van der Waals surface area contributed by atoms with Crippen LogP contribution in [-0.2, 0) is 0 Å². The molecule has 0 bridgehead atoms. The molecule has 0 aliphatic rings. The SMILES string of the molecule is CN(C)C(=O)Nc1ccc(-c2ccccn2)cc1. The van der Waals surface area contributed by atoms with Crippen LogP contribution in [0.25, 0.3) is 11.3 Å². The van der Waals surface area contributed by atoms with Crippen LogP contribution in [0.3, 0.4) is 0 Å². The number of urea groups is 1. The molecule has 0 saturated heterocycles. The van der Waals surface area contributed by atoms with Crippen LogP contribution in [0.5, 0.6) is 0 Å². The number of nitrogens with zero attached hydrogens (tertiary/aromatic N) is 2. The molecule has 0 aliphatic carbocycles. The van der Waals surface area contributed by atoms with Crippen molar-refractivity contribution < 1.29 is 4.79 Å². The maximum Gasteiger partial charge on any atom is 0.321 e. The quantitative estimate of drug-likeness (QED) is 0.878. The van der Waals surface area contributed by atoms with Crippen LogP contribution in [0.1, 0.15) is 0 Å². The smallest absolute Gasteiger partial charge is 0.321 e. The fraction of sp³-hybridized carbons (Fsp3) is 0.143. The molecule has 92 valence electrons. The Morgan fingerprint density at radius 1 is 1.11 bits per heavy atom. The minimum Gasteiger partial charge on any atom is -0.331 e. The van der Waals surface area contributed by atoms with Gasteiger partial charge in [-0.05, 0) is 24.3 Å². The summed E-state index contributed by atoms with van der Waals surface area (Å²) in [5.41, 5.74) is 2.72. The van der Waals surface area contributed by atoms with E-state index in [4.69, 9.17) is 0 Å². The van der Waals surface area contributed by atoms with Gasteiger partial charge in [0.2, 0.25) is 0 Å². The van der Waals surface area contributed by atoms with Gasteiger partial charge in [0.25, 0.3) is 0 Å². The van der Waals surface area contributed by atoms with E-state index >= 15 is 0 Å². The van der Waals surface area contributed by atoms with Crippen LogP contribution in [0.4, 0.5) is 10.5 Å². The van der Waals surface area contributed by atoms with Gasteiger partial charge in [0.15, 0.2) is 0 Å². The second kappa shape index (κ2) is 5.31. The van der Waals surface area contributed by atoms with Gasteiger partial charge >= 0.3 is 6.03 Å². The van der Waals surface area contributed by atoms with Gasteiger partial charge in [0, 0.05) is 31.5 Å². The standard InChI is InChI=1S/C14H15N3O/c1-17(2)14(18)16-12-8-6-11(7-9-12)13-5-3-4-10-15-13/h3-10H,1-2H3,(H,16,18). The summed E-state index contributed by atoms with van der Waals surface area (Å²) in [7, 11) is 3.41. The van der Waals surface area contributed by atoms with Gasteiger partial charge < -0.3 is 10.2 Å². The molecule has 0 unspecified atom stereocenters. The van der Waals surface area contributed by atoms with Crippen LogP contribution in [0.2, 0.25) is 0 Å². The highest BCUT2D eigenvalue weighted by atomic mass is 16.2. The first-order valence-electron chi connectivity index (χ1n) is 5.66. The Morgan fingerprint density at radius 2 is 1.83 bits per heavy atom. The number of hydrogen-bond donors (Lipinski definition) is 1. The first-order valence-corrected chi connectivity index (χ1v) is 5.66. The molecule has 1 N–H and O–H groups in total. The Labute approximate surface area is 106 Å². The minimum absolute atomic E-state index is 0.138. The predicted molar refractivity (Wildman–Crippen MR) is 72.4 cm³/mol. The van der Waals surface area contributed by atoms with Crippen LogP contribution in [0, 0.1) is 0 Å². The van der Waals surface area contributed by atoms with E-state index in [0.29, 0.717) is 0 Å². The topological polar surface area (TPSA) is 45.2 Å². The third-order valence-electron chi connectivity index (χ3n) is 2.50. The molecular weight excluding hydrogens is 226 g/mol. The molecule has 0 aliphatic heterocycles. The van der Waals surface area contributed by atoms with E-state index < -0.39 is 0 Å². The van der Waals surface area contributed by atoms with Crippen molar-refractivity contribution in [1.82, 2.24) is 9.88 Å². The first kappa shape index (κ1) is 12.1. The summed E-state index contributed by atoms with van der Waals surface area (Å²) in [5.74, 6) is 0. The third kappa shape index (κ3) is 2.85. The number of amides is 2. The fourth-order valence-corrected chi connectivity index (χ4v) is 1.49. The Morgan fingerprint density at radius 3 is 2.39 bits per heavy atom. The maximum atomic E-state index is 11.5. The number of nitrogens with one attached hydrogen (secondary N) is 1. The molecule has 2 amide bonds. The molecule has 18 heavy (non-hydrogen) atoms. The summed E-state index contributed by atoms with van der Waals surface area (Å²) < 4.78 is 0. The number of benzene rings is 1. The number of rotatable bonds is 2. The molecule has 0 radical (unpaired) electrons. The molecule has 2 aromatic rings. The van der Waals surface area contributed by atoms with Crippen molar-refractivity contribution >= 4 is 11.7 Å². The van der Waals surface area contributed by atoms with Gasteiger partial charge in [-0.3, -0.25) is 4.98 Å². The second-order valence-electron chi connectivity index (χ2n) is 4.12. The molecule has 1 aromatic heterocycles. The van der Waals surface area contributed by atoms with E-state index in [1.54, 1.807) is 20.3 Å². The molecule has 2 rings (SSSR count). The summed E-state index contributed by atoms with van der Waals surface area (Å²) >= 11 is 0. The molecule has 4 nitrogen and oxygen atoms in total. The number of hydrogen-bond acceptors (Lipinski definition) is 2. The van der Waals surface area contributed by atoms with Crippen LogP contribution >= 0.6 is 0 Å². The van der Waals surface area contributed by atoms with Crippen molar-refractivity contribution in [2.24, 2.45) is 0 Å². The van der Waals surface area contributed by atoms with Crippen molar-refractivity contribution in [3.05, 3.63) is 48.7 Å². The third-order valence-corrected chi connectivity index (χ3v) is 2.50. The zero-order chi connectivity index (χ0) is 13.0. The van der Waals surface area contributed by atoms with Crippen molar-refractivity contribution in [3.63, 3.8) is 0 Å². The van der Waals surface area contributed by atoms with Crippen LogP contribution in [0.15, 0.2) is 48.7 Å². The summed E-state index contributed by atoms with van der Waals surface area (Å²) in [6.45, 7) is 0. The highest BCUT2D eigenvalue weighted by Gasteiger charge is 2.04. The molecule has 0 spiro atoms. The Hall–Kier alpha value is -2.36. The van der Waals surface area contributed by atoms with Gasteiger partial charge in [-0.25, -0.2) is 4.79 Å². The van der Waals surface area contributed by atoms with E-state index in [9.17, 15) is 4.79 Å². The molecule has 0 atom stereocenters. The number of carbonyl (C=O) groups is 1. The molecule has 0 saturated carbocycles. The van der Waals surface area contributed by atoms with Gasteiger partial charge in [0.1, 0.15) is 0 Å². The van der Waals surface area contributed by atoms with Gasteiger partial charge in [0.05, 0.1) is 5.69 Å². The lowest BCUT2D eigenvalue weighted by molar-refractivity contribution is 0.230. The average Bonchev–Trinajstić information content (AvgIpc) is 2.40. The van der Waals surface area contributed by atoms with E-state index in [2.05, 4.69) is 10.3 Å². The molecular formula is C14H15N3O. The Kier molecular flexibility index (Phi) is 3.57. The largest absolute Gasteiger partial charge is 0.331 e. The van der Waals surface area contributed by atoms with Crippen LogP contribution < -0.4 is 5.32 Å². The lowest BCUT2D eigenvalue weighted by Gasteiger charge is -2.12. The summed E-state index contributed by atoms with van der Waals surface area (Å²) in [5, 5.41) is 2.79. The van der Waals surface area contributed by atoms with Crippen molar-refractivity contribution in [2.45, 2.75) is 0 Å². The zero-order valence-corrected chi connectivity index (χ0v) is 10.4. The van der Waals surface area contributed by atoms with E-state index in [1.807, 2.05) is 42.5 Å². The molecule has 1 aromatic carbocycles. The lowest BCUT2D eigenvalue weighted by atomic mass is 10.1. The Bertz CT molecular complexity index is 520. The minimum atomic E-state index is -0.138. The molecule has 4 heteroatoms. The highest BCUT2D eigenvalue weighted by Crippen LogP contribution is 2.19. The van der Waals surface area contributed by atoms with E-state index in [1.165, 1.54) is 4.90 Å². The molecule has 0 fully saturated rings. The molecule has 1 heterocycles. The van der Waals surface area contributed by atoms with E-state index in [0.717, 1.165) is 16.9 Å². The number of carbonyl (C=O) groups excluding carboxylic acids is 1. The van der Waals surface area contributed by atoms with Crippen molar-refractivity contribution in [2.75, 3.05) is 19.4 Å². The maximum absolute atomic E-state index is 11.5. The summed E-state index contributed by atoms with van der Waals surface area (Å²) in [6.07, 6.45) is 1.76. The zero-order valence-electron chi connectivity index (χ0n) is 10.4. The normalized spacial score (nSPS) is 9.89. The predicted octanol–water partition coefficient (Wildman–Crippen LogP) is 2.84. The van der Waals surface area contributed by atoms with Crippen LogP contribution in [-0.4, -0.2) is 30.0 Å². The average molecular weight is 241 g/mol. The lowest BCUT2D eigenvalue weighted by Crippen LogP contribution is -2.27. The first-order chi connectivity index (χ1) is 8.66. The van der Waals surface area contributed by atoms with Crippen molar-refractivity contribution in [1.29, 1.82) is 0 Å². The van der Waals surface area contributed by atoms with E-state index in [-0.39, 0.29) is 6.03 Å². The number of aromatic nitrogens is 1. The highest BCUT2D eigenvalue weighted by molar-refractivity contribution is 5.89. The monoisotopic (exact) mass is 241 g/mol.